The van der Waals surface area contributed by atoms with E-state index in [9.17, 15) is 9.90 Å². The van der Waals surface area contributed by atoms with Crippen LogP contribution in [0.3, 0.4) is 0 Å². The molecule has 0 aromatic rings. The quantitative estimate of drug-likeness (QED) is 0.504. The van der Waals surface area contributed by atoms with Gasteiger partial charge in [0.15, 0.2) is 0 Å². The zero-order valence-corrected chi connectivity index (χ0v) is 6.87. The molecule has 4 heteroatoms. The van der Waals surface area contributed by atoms with Crippen LogP contribution >= 0.6 is 0 Å². The van der Waals surface area contributed by atoms with Crippen molar-refractivity contribution in [3.63, 3.8) is 0 Å². The maximum absolute atomic E-state index is 10.6. The lowest BCUT2D eigenvalue weighted by molar-refractivity contribution is -0.120. The maximum atomic E-state index is 10.6. The molecule has 2 atom stereocenters. The van der Waals surface area contributed by atoms with Crippen LogP contribution in [0.5, 0.6) is 0 Å². The number of nitrogens with zero attached hydrogens (tertiary/aromatic N) is 1. The van der Waals surface area contributed by atoms with E-state index >= 15 is 0 Å². The minimum Gasteiger partial charge on any atom is -0.390 e. The molecule has 11 heavy (non-hydrogen) atoms. The summed E-state index contributed by atoms with van der Waals surface area (Å²) in [6.45, 7) is 2.84. The highest BCUT2D eigenvalue weighted by molar-refractivity contribution is 5.73. The van der Waals surface area contributed by atoms with Crippen molar-refractivity contribution in [1.29, 1.82) is 0 Å². The van der Waals surface area contributed by atoms with E-state index in [4.69, 9.17) is 0 Å². The Morgan fingerprint density at radius 2 is 2.27 bits per heavy atom. The number of aliphatic hydroxyl groups is 1. The van der Waals surface area contributed by atoms with Crippen LogP contribution in [-0.2, 0) is 4.79 Å². The molecule has 1 rings (SSSR count). The molecule has 0 aliphatic carbocycles. The zero-order chi connectivity index (χ0) is 8.43. The Balaban J connectivity index is 2.40. The largest absolute Gasteiger partial charge is 0.390 e. The average Bonchev–Trinajstić information content (AvgIpc) is 2.09. The summed E-state index contributed by atoms with van der Waals surface area (Å²) in [5, 5.41) is 12.0. The van der Waals surface area contributed by atoms with Gasteiger partial charge in [-0.15, -0.1) is 0 Å². The number of aliphatic hydroxyl groups excluding tert-OH is 1. The molecule has 0 aromatic heterocycles. The van der Waals surface area contributed by atoms with Crippen LogP contribution in [0.2, 0.25) is 0 Å². The zero-order valence-electron chi connectivity index (χ0n) is 6.87. The third kappa shape index (κ3) is 2.17. The van der Waals surface area contributed by atoms with Crippen LogP contribution in [0.25, 0.3) is 0 Å². The molecule has 0 unspecified atom stereocenters. The Hall–Kier alpha value is -0.610. The monoisotopic (exact) mass is 158 g/mol. The first-order valence-corrected chi connectivity index (χ1v) is 3.73. The Labute approximate surface area is 66.2 Å². The van der Waals surface area contributed by atoms with E-state index in [0.29, 0.717) is 6.54 Å². The lowest BCUT2D eigenvalue weighted by atomic mass is 10.2. The number of nitrogens with one attached hydrogen (secondary N) is 1. The molecule has 1 aliphatic heterocycles. The Morgan fingerprint density at radius 3 is 2.64 bits per heavy atom. The van der Waals surface area contributed by atoms with Crippen molar-refractivity contribution in [3.05, 3.63) is 0 Å². The third-order valence-corrected chi connectivity index (χ3v) is 1.86. The molecule has 4 nitrogen and oxygen atoms in total. The molecule has 1 aliphatic rings. The first-order valence-electron chi connectivity index (χ1n) is 3.73. The third-order valence-electron chi connectivity index (χ3n) is 1.86. The normalized spacial score (nSPS) is 32.3. The second-order valence-electron chi connectivity index (χ2n) is 3.10. The van der Waals surface area contributed by atoms with E-state index < -0.39 is 6.10 Å². The molecule has 0 aromatic carbocycles. The summed E-state index contributed by atoms with van der Waals surface area (Å²) >= 11 is 0. The summed E-state index contributed by atoms with van der Waals surface area (Å²) in [6, 6.07) is -0.0856. The molecule has 1 amide bonds. The topological polar surface area (TPSA) is 52.6 Å². The molecule has 64 valence electrons. The summed E-state index contributed by atoms with van der Waals surface area (Å²) in [6.07, 6.45) is -0.413. The Kier molecular flexibility index (Phi) is 2.46. The smallest absolute Gasteiger partial charge is 0.217 e. The number of likely N-dealkylation sites (tertiary alicyclic amines) is 1. The average molecular weight is 158 g/mol. The highest BCUT2D eigenvalue weighted by Gasteiger charge is 2.29. The number of hydrogen-bond donors (Lipinski definition) is 2. The highest BCUT2D eigenvalue weighted by atomic mass is 16.3. The second-order valence-corrected chi connectivity index (χ2v) is 3.10. The van der Waals surface area contributed by atoms with Gasteiger partial charge in [-0.25, -0.2) is 0 Å². The number of β-amino-alcohol motifs (C(OH)–C–C–N with tert-alkyl or cyclic N) is 1. The molecule has 0 saturated carbocycles. The Morgan fingerprint density at radius 1 is 1.64 bits per heavy atom. The van der Waals surface area contributed by atoms with E-state index in [1.165, 1.54) is 6.92 Å². The summed E-state index contributed by atoms with van der Waals surface area (Å²) < 4.78 is 0. The summed E-state index contributed by atoms with van der Waals surface area (Å²) in [4.78, 5) is 12.6. The molecular weight excluding hydrogens is 144 g/mol. The molecule has 0 radical (unpaired) electrons. The van der Waals surface area contributed by atoms with E-state index in [0.717, 1.165) is 6.54 Å². The minimum atomic E-state index is -0.413. The van der Waals surface area contributed by atoms with Crippen molar-refractivity contribution in [2.24, 2.45) is 0 Å². The van der Waals surface area contributed by atoms with Crippen LogP contribution in [0.15, 0.2) is 0 Å². The van der Waals surface area contributed by atoms with Crippen LogP contribution in [0.4, 0.5) is 0 Å². The predicted molar refractivity (Wildman–Crippen MR) is 41.1 cm³/mol. The number of carbonyl (C=O) groups is 1. The fourth-order valence-electron chi connectivity index (χ4n) is 1.38. The van der Waals surface area contributed by atoms with Gasteiger partial charge in [-0.05, 0) is 7.05 Å². The van der Waals surface area contributed by atoms with Crippen molar-refractivity contribution in [3.8, 4) is 0 Å². The van der Waals surface area contributed by atoms with Gasteiger partial charge in [0.1, 0.15) is 0 Å². The van der Waals surface area contributed by atoms with Gasteiger partial charge in [-0.3, -0.25) is 4.79 Å². The SMILES string of the molecule is CC(=O)N[C@H]1CN(C)C[C@@H]1O. The van der Waals surface area contributed by atoms with Gasteiger partial charge in [-0.2, -0.15) is 0 Å². The van der Waals surface area contributed by atoms with Crippen molar-refractivity contribution in [1.82, 2.24) is 10.2 Å². The van der Waals surface area contributed by atoms with Crippen LogP contribution in [-0.4, -0.2) is 48.2 Å². The van der Waals surface area contributed by atoms with Crippen molar-refractivity contribution < 1.29 is 9.90 Å². The van der Waals surface area contributed by atoms with Crippen LogP contribution in [0, 0.1) is 0 Å². The molecule has 0 bridgehead atoms. The molecule has 1 saturated heterocycles. The highest BCUT2D eigenvalue weighted by Crippen LogP contribution is 2.06. The second kappa shape index (κ2) is 3.19. The molecule has 0 spiro atoms. The molecular formula is C7H14N2O2. The van der Waals surface area contributed by atoms with Crippen molar-refractivity contribution in [2.75, 3.05) is 20.1 Å². The van der Waals surface area contributed by atoms with Gasteiger partial charge in [0.2, 0.25) is 5.91 Å². The molecule has 1 heterocycles. The fourth-order valence-corrected chi connectivity index (χ4v) is 1.38. The Bertz CT molecular complexity index is 161. The van der Waals surface area contributed by atoms with Gasteiger partial charge < -0.3 is 15.3 Å². The minimum absolute atomic E-state index is 0.0793. The number of rotatable bonds is 1. The fraction of sp³-hybridized carbons (Fsp3) is 0.857. The van der Waals surface area contributed by atoms with Gasteiger partial charge in [0, 0.05) is 20.0 Å². The molecule has 1 fully saturated rings. The standard InChI is InChI=1S/C7H14N2O2/c1-5(10)8-6-3-9(2)4-7(6)11/h6-7,11H,3-4H2,1-2H3,(H,8,10)/t6-,7-/m0/s1. The lowest BCUT2D eigenvalue weighted by Gasteiger charge is -2.13. The van der Waals surface area contributed by atoms with Crippen molar-refractivity contribution in [2.45, 2.75) is 19.1 Å². The van der Waals surface area contributed by atoms with Gasteiger partial charge >= 0.3 is 0 Å². The van der Waals surface area contributed by atoms with Gasteiger partial charge in [-0.1, -0.05) is 0 Å². The first kappa shape index (κ1) is 8.49. The van der Waals surface area contributed by atoms with Crippen molar-refractivity contribution >= 4 is 5.91 Å². The van der Waals surface area contributed by atoms with E-state index in [2.05, 4.69) is 5.32 Å². The number of hydrogen-bond acceptors (Lipinski definition) is 3. The number of carbonyl (C=O) groups excluding carboxylic acids is 1. The predicted octanol–water partition coefficient (Wildman–Crippen LogP) is -1.20. The molecule has 2 N–H and O–H groups in total. The van der Waals surface area contributed by atoms with Crippen LogP contribution < -0.4 is 5.32 Å². The van der Waals surface area contributed by atoms with Gasteiger partial charge in [0.05, 0.1) is 12.1 Å². The lowest BCUT2D eigenvalue weighted by Crippen LogP contribution is -2.41. The van der Waals surface area contributed by atoms with Gasteiger partial charge in [0.25, 0.3) is 0 Å². The van der Waals surface area contributed by atoms with E-state index in [-0.39, 0.29) is 11.9 Å². The van der Waals surface area contributed by atoms with E-state index in [1.54, 1.807) is 0 Å². The summed E-state index contributed by atoms with van der Waals surface area (Å²) in [5.41, 5.74) is 0. The van der Waals surface area contributed by atoms with Crippen LogP contribution in [0.1, 0.15) is 6.92 Å². The van der Waals surface area contributed by atoms with E-state index in [1.807, 2.05) is 11.9 Å². The first-order chi connectivity index (χ1) is 5.09. The summed E-state index contributed by atoms with van der Waals surface area (Å²) in [7, 11) is 1.92. The summed E-state index contributed by atoms with van der Waals surface area (Å²) in [5.74, 6) is -0.0793. The number of amides is 1. The maximum Gasteiger partial charge on any atom is 0.217 e. The number of likely N-dealkylation sites (N-methyl/N-ethyl adjacent to an activating group) is 1.